The third kappa shape index (κ3) is 9.35. The molecule has 1 saturated carbocycles. The van der Waals surface area contributed by atoms with E-state index < -0.39 is 5.60 Å². The van der Waals surface area contributed by atoms with Crippen LogP contribution in [0.3, 0.4) is 0 Å². The van der Waals surface area contributed by atoms with Crippen LogP contribution in [0.15, 0.2) is 4.99 Å². The number of aliphatic imine (C=N–C) groups is 1. The van der Waals surface area contributed by atoms with Crippen LogP contribution in [0.5, 0.6) is 0 Å². The van der Waals surface area contributed by atoms with E-state index in [0.29, 0.717) is 18.9 Å². The van der Waals surface area contributed by atoms with Gasteiger partial charge in [0.1, 0.15) is 5.60 Å². The molecule has 1 amide bonds. The number of guanidine groups is 1. The zero-order valence-corrected chi connectivity index (χ0v) is 20.1. The molecule has 0 bridgehead atoms. The summed E-state index contributed by atoms with van der Waals surface area (Å²) in [6, 6.07) is 0.217. The molecule has 2 rings (SSSR count). The molecule has 31 heavy (non-hydrogen) atoms. The molecule has 0 unspecified atom stereocenters. The highest BCUT2D eigenvalue weighted by atomic mass is 16.6. The number of piperidine rings is 1. The van der Waals surface area contributed by atoms with Crippen LogP contribution in [0.4, 0.5) is 4.79 Å². The first-order chi connectivity index (χ1) is 14.7. The van der Waals surface area contributed by atoms with Gasteiger partial charge in [-0.25, -0.2) is 4.79 Å². The molecule has 0 aromatic heterocycles. The van der Waals surface area contributed by atoms with E-state index in [1.807, 2.05) is 25.7 Å². The number of hydrogen-bond acceptors (Lipinski definition) is 5. The van der Waals surface area contributed by atoms with Crippen molar-refractivity contribution in [3.63, 3.8) is 0 Å². The third-order valence-corrected chi connectivity index (χ3v) is 5.60. The van der Waals surface area contributed by atoms with E-state index in [2.05, 4.69) is 21.9 Å². The molecule has 0 radical (unpaired) electrons. The minimum absolute atomic E-state index is 0.168. The van der Waals surface area contributed by atoms with E-state index in [-0.39, 0.29) is 18.1 Å². The number of unbranched alkanes of at least 4 members (excludes halogenated alkanes) is 1. The van der Waals surface area contributed by atoms with Crippen LogP contribution in [0, 0.1) is 5.92 Å². The summed E-state index contributed by atoms with van der Waals surface area (Å²) in [6.45, 7) is 11.9. The first-order valence-electron chi connectivity index (χ1n) is 11.8. The Morgan fingerprint density at radius 2 is 1.81 bits per heavy atom. The van der Waals surface area contributed by atoms with Crippen LogP contribution in [-0.2, 0) is 14.3 Å². The summed E-state index contributed by atoms with van der Waals surface area (Å²) in [5, 5.41) is 3.38. The summed E-state index contributed by atoms with van der Waals surface area (Å²) in [5.74, 6) is 1.39. The monoisotopic (exact) mass is 438 g/mol. The summed E-state index contributed by atoms with van der Waals surface area (Å²) in [4.78, 5) is 33.1. The lowest BCUT2D eigenvalue weighted by atomic mass is 10.0. The molecule has 178 valence electrons. The van der Waals surface area contributed by atoms with Gasteiger partial charge in [0.15, 0.2) is 5.96 Å². The van der Waals surface area contributed by atoms with Gasteiger partial charge in [0.2, 0.25) is 0 Å². The number of esters is 1. The van der Waals surface area contributed by atoms with E-state index >= 15 is 0 Å². The van der Waals surface area contributed by atoms with Gasteiger partial charge in [0, 0.05) is 45.2 Å². The third-order valence-electron chi connectivity index (χ3n) is 5.60. The van der Waals surface area contributed by atoms with E-state index in [1.165, 1.54) is 20.0 Å². The van der Waals surface area contributed by atoms with Gasteiger partial charge >= 0.3 is 12.1 Å². The van der Waals surface area contributed by atoms with Gasteiger partial charge in [-0.3, -0.25) is 9.79 Å². The Kier molecular flexibility index (Phi) is 9.91. The molecular weight excluding hydrogens is 396 g/mol. The minimum atomic E-state index is -0.474. The van der Waals surface area contributed by atoms with Crippen molar-refractivity contribution in [2.75, 3.05) is 39.8 Å². The van der Waals surface area contributed by atoms with Gasteiger partial charge in [-0.05, 0) is 72.1 Å². The fourth-order valence-electron chi connectivity index (χ4n) is 3.76. The Bertz CT molecular complexity index is 605. The van der Waals surface area contributed by atoms with Gasteiger partial charge in [0.05, 0.1) is 7.11 Å². The molecule has 1 N–H and O–H groups in total. The first kappa shape index (κ1) is 25.3. The highest BCUT2D eigenvalue weighted by Gasteiger charge is 2.35. The van der Waals surface area contributed by atoms with Crippen LogP contribution >= 0.6 is 0 Å². The normalized spacial score (nSPS) is 18.0. The van der Waals surface area contributed by atoms with Gasteiger partial charge in [-0.1, -0.05) is 0 Å². The van der Waals surface area contributed by atoms with Crippen LogP contribution in [0.1, 0.15) is 72.6 Å². The number of hydrogen-bond donors (Lipinski definition) is 1. The fourth-order valence-corrected chi connectivity index (χ4v) is 3.76. The maximum absolute atomic E-state index is 12.8. The standard InChI is InChI=1S/C23H42N4O4/c1-6-24-21(25-14-8-7-9-20(28)30-5)26-15-12-19(13-16-26)27(17-18-10-11-18)22(29)31-23(2,3)4/h18-19H,6-17H2,1-5H3,(H,24,25). The molecule has 8 nitrogen and oxygen atoms in total. The molecule has 0 atom stereocenters. The SMILES string of the molecule is CCNC(=NCCCCC(=O)OC)N1CCC(N(CC2CC2)C(=O)OC(C)(C)C)CC1. The predicted molar refractivity (Wildman–Crippen MR) is 122 cm³/mol. The Morgan fingerprint density at radius 3 is 2.35 bits per heavy atom. The van der Waals surface area contributed by atoms with Crippen molar-refractivity contribution in [2.24, 2.45) is 10.9 Å². The molecule has 0 aromatic rings. The molecule has 1 saturated heterocycles. The van der Waals surface area contributed by atoms with Gasteiger partial charge < -0.3 is 24.6 Å². The quantitative estimate of drug-likeness (QED) is 0.257. The van der Waals surface area contributed by atoms with Gasteiger partial charge in [-0.2, -0.15) is 0 Å². The summed E-state index contributed by atoms with van der Waals surface area (Å²) in [5.41, 5.74) is -0.474. The average Bonchev–Trinajstić information content (AvgIpc) is 3.54. The second kappa shape index (κ2) is 12.2. The zero-order valence-electron chi connectivity index (χ0n) is 20.1. The second-order valence-corrected chi connectivity index (χ2v) is 9.56. The summed E-state index contributed by atoms with van der Waals surface area (Å²) >= 11 is 0. The number of ether oxygens (including phenoxy) is 2. The van der Waals surface area contributed by atoms with Crippen molar-refractivity contribution in [3.8, 4) is 0 Å². The number of rotatable bonds is 9. The summed E-state index contributed by atoms with van der Waals surface area (Å²) < 4.78 is 10.4. The smallest absolute Gasteiger partial charge is 0.410 e. The Morgan fingerprint density at radius 1 is 1.13 bits per heavy atom. The van der Waals surface area contributed by atoms with E-state index in [9.17, 15) is 9.59 Å². The molecule has 2 aliphatic rings. The number of likely N-dealkylation sites (tertiary alicyclic amines) is 1. The highest BCUT2D eigenvalue weighted by molar-refractivity contribution is 5.80. The maximum atomic E-state index is 12.8. The average molecular weight is 439 g/mol. The Hall–Kier alpha value is -1.99. The Balaban J connectivity index is 1.88. The highest BCUT2D eigenvalue weighted by Crippen LogP contribution is 2.32. The van der Waals surface area contributed by atoms with Crippen LogP contribution in [0.25, 0.3) is 0 Å². The first-order valence-corrected chi connectivity index (χ1v) is 11.8. The maximum Gasteiger partial charge on any atom is 0.410 e. The molecular formula is C23H42N4O4. The predicted octanol–water partition coefficient (Wildman–Crippen LogP) is 3.41. The molecule has 1 aliphatic heterocycles. The van der Waals surface area contributed by atoms with Gasteiger partial charge in [-0.15, -0.1) is 0 Å². The van der Waals surface area contributed by atoms with Crippen molar-refractivity contribution >= 4 is 18.0 Å². The number of amides is 1. The van der Waals surface area contributed by atoms with Crippen molar-refractivity contribution in [2.45, 2.75) is 84.3 Å². The largest absolute Gasteiger partial charge is 0.469 e. The number of methoxy groups -OCH3 is 1. The number of nitrogens with zero attached hydrogens (tertiary/aromatic N) is 3. The number of nitrogens with one attached hydrogen (secondary N) is 1. The molecule has 1 aliphatic carbocycles. The zero-order chi connectivity index (χ0) is 22.9. The second-order valence-electron chi connectivity index (χ2n) is 9.56. The van der Waals surface area contributed by atoms with Crippen molar-refractivity contribution < 1.29 is 19.1 Å². The van der Waals surface area contributed by atoms with Crippen molar-refractivity contribution in [1.29, 1.82) is 0 Å². The van der Waals surface area contributed by atoms with Crippen LogP contribution < -0.4 is 5.32 Å². The van der Waals surface area contributed by atoms with E-state index in [4.69, 9.17) is 9.73 Å². The van der Waals surface area contributed by atoms with Gasteiger partial charge in [0.25, 0.3) is 0 Å². The number of carbonyl (C=O) groups excluding carboxylic acids is 2. The fraction of sp³-hybridized carbons (Fsp3) is 0.870. The lowest BCUT2D eigenvalue weighted by Crippen LogP contribution is -2.52. The molecule has 2 fully saturated rings. The van der Waals surface area contributed by atoms with E-state index in [1.54, 1.807) is 0 Å². The van der Waals surface area contributed by atoms with Crippen LogP contribution in [-0.4, -0.2) is 79.3 Å². The molecule has 8 heteroatoms. The molecule has 1 heterocycles. The summed E-state index contributed by atoms with van der Waals surface area (Å²) in [7, 11) is 1.42. The lowest BCUT2D eigenvalue weighted by molar-refractivity contribution is -0.140. The topological polar surface area (TPSA) is 83.5 Å². The Labute approximate surface area is 187 Å². The lowest BCUT2D eigenvalue weighted by Gasteiger charge is -2.40. The molecule has 0 aromatic carbocycles. The van der Waals surface area contributed by atoms with Crippen molar-refractivity contribution in [1.82, 2.24) is 15.1 Å². The molecule has 0 spiro atoms. The van der Waals surface area contributed by atoms with Crippen molar-refractivity contribution in [3.05, 3.63) is 0 Å². The number of carbonyl (C=O) groups is 2. The van der Waals surface area contributed by atoms with Crippen LogP contribution in [0.2, 0.25) is 0 Å². The minimum Gasteiger partial charge on any atom is -0.469 e. The summed E-state index contributed by atoms with van der Waals surface area (Å²) in [6.07, 6.45) is 6.16. The van der Waals surface area contributed by atoms with E-state index in [0.717, 1.165) is 57.8 Å².